The van der Waals surface area contributed by atoms with Crippen LogP contribution in [0, 0.1) is 11.3 Å². The molecule has 33 heavy (non-hydrogen) atoms. The van der Waals surface area contributed by atoms with E-state index in [1.807, 2.05) is 24.3 Å². The minimum atomic E-state index is -0.330. The minimum Gasteiger partial charge on any atom is -0.483 e. The van der Waals surface area contributed by atoms with Crippen molar-refractivity contribution in [2.75, 3.05) is 5.32 Å². The molecular formula is C23H17N7O3. The molecule has 0 unspecified atom stereocenters. The molecule has 0 radical (unpaired) electrons. The number of hydrogen-bond acceptors (Lipinski definition) is 7. The van der Waals surface area contributed by atoms with E-state index in [9.17, 15) is 10.1 Å². The SMILES string of the molecule is Cn1c(C(=O)Nc2ccc(C#N)cc2-c2nnn[nH]2)cc2cccc(OCc3ccco3)c21. The Hall–Kier alpha value is -4.91. The van der Waals surface area contributed by atoms with Crippen molar-refractivity contribution in [1.29, 1.82) is 5.26 Å². The third kappa shape index (κ3) is 3.79. The summed E-state index contributed by atoms with van der Waals surface area (Å²) in [6.07, 6.45) is 1.59. The van der Waals surface area contributed by atoms with Gasteiger partial charge in [0.05, 0.1) is 29.1 Å². The van der Waals surface area contributed by atoms with Crippen molar-refractivity contribution < 1.29 is 13.9 Å². The van der Waals surface area contributed by atoms with Crippen LogP contribution in [-0.4, -0.2) is 31.1 Å². The number of tetrazole rings is 1. The summed E-state index contributed by atoms with van der Waals surface area (Å²) in [5.74, 6) is 1.35. The highest BCUT2D eigenvalue weighted by Crippen LogP contribution is 2.31. The second-order valence-corrected chi connectivity index (χ2v) is 7.23. The van der Waals surface area contributed by atoms with Gasteiger partial charge in [-0.2, -0.15) is 5.26 Å². The molecule has 0 bridgehead atoms. The molecular weight excluding hydrogens is 422 g/mol. The van der Waals surface area contributed by atoms with Crippen molar-refractivity contribution in [1.82, 2.24) is 25.2 Å². The number of ether oxygens (including phenoxy) is 1. The lowest BCUT2D eigenvalue weighted by Gasteiger charge is -2.11. The first-order valence-electron chi connectivity index (χ1n) is 9.97. The number of carbonyl (C=O) groups excluding carboxylic acids is 1. The molecule has 0 atom stereocenters. The number of amides is 1. The lowest BCUT2D eigenvalue weighted by Crippen LogP contribution is -2.16. The van der Waals surface area contributed by atoms with E-state index in [1.54, 1.807) is 48.2 Å². The van der Waals surface area contributed by atoms with E-state index >= 15 is 0 Å². The van der Waals surface area contributed by atoms with Gasteiger partial charge in [0.1, 0.15) is 23.8 Å². The number of rotatable bonds is 6. The molecule has 0 aliphatic carbocycles. The topological polar surface area (TPSA) is 135 Å². The zero-order valence-corrected chi connectivity index (χ0v) is 17.4. The van der Waals surface area contributed by atoms with Gasteiger partial charge in [0, 0.05) is 18.0 Å². The highest BCUT2D eigenvalue weighted by molar-refractivity contribution is 6.08. The van der Waals surface area contributed by atoms with E-state index in [4.69, 9.17) is 9.15 Å². The lowest BCUT2D eigenvalue weighted by molar-refractivity contribution is 0.101. The normalized spacial score (nSPS) is 10.8. The van der Waals surface area contributed by atoms with Gasteiger partial charge >= 0.3 is 0 Å². The van der Waals surface area contributed by atoms with Crippen LogP contribution in [0.5, 0.6) is 5.75 Å². The third-order valence-corrected chi connectivity index (χ3v) is 5.20. The Labute approximate surface area is 187 Å². The standard InChI is InChI=1S/C23H17N7O3/c1-30-19(11-15-4-2-6-20(21(15)30)33-13-16-5-3-9-32-16)23(31)25-18-8-7-14(12-24)10-17(18)22-26-28-29-27-22/h2-11H,13H2,1H3,(H,25,31)(H,26,27,28,29). The number of hydrogen-bond donors (Lipinski definition) is 2. The summed E-state index contributed by atoms with van der Waals surface area (Å²) >= 11 is 0. The quantitative estimate of drug-likeness (QED) is 0.412. The fourth-order valence-corrected chi connectivity index (χ4v) is 3.64. The fraction of sp³-hybridized carbons (Fsp3) is 0.0870. The minimum absolute atomic E-state index is 0.276. The van der Waals surface area contributed by atoms with Crippen molar-refractivity contribution >= 4 is 22.5 Å². The monoisotopic (exact) mass is 439 g/mol. The first-order chi connectivity index (χ1) is 16.1. The number of aromatic amines is 1. The van der Waals surface area contributed by atoms with Gasteiger partial charge in [-0.15, -0.1) is 5.10 Å². The number of benzene rings is 2. The highest BCUT2D eigenvalue weighted by atomic mass is 16.5. The number of nitrogens with zero attached hydrogens (tertiary/aromatic N) is 5. The smallest absolute Gasteiger partial charge is 0.272 e. The summed E-state index contributed by atoms with van der Waals surface area (Å²) < 4.78 is 13.1. The van der Waals surface area contributed by atoms with Gasteiger partial charge in [0.2, 0.25) is 0 Å². The Morgan fingerprint density at radius 2 is 2.15 bits per heavy atom. The van der Waals surface area contributed by atoms with E-state index in [0.29, 0.717) is 39.8 Å². The molecule has 3 aromatic heterocycles. The number of aromatic nitrogens is 5. The van der Waals surface area contributed by atoms with E-state index < -0.39 is 0 Å². The number of fused-ring (bicyclic) bond motifs is 1. The maximum atomic E-state index is 13.2. The van der Waals surface area contributed by atoms with Crippen LogP contribution in [0.1, 0.15) is 21.8 Å². The van der Waals surface area contributed by atoms with E-state index in [1.165, 1.54) is 0 Å². The molecule has 5 aromatic rings. The molecule has 2 aromatic carbocycles. The van der Waals surface area contributed by atoms with Gasteiger partial charge in [0.25, 0.3) is 5.91 Å². The van der Waals surface area contributed by atoms with Crippen LogP contribution in [-0.2, 0) is 13.7 Å². The number of furan rings is 1. The van der Waals surface area contributed by atoms with Gasteiger partial charge in [-0.05, 0) is 52.9 Å². The number of aryl methyl sites for hydroxylation is 1. The van der Waals surface area contributed by atoms with Crippen LogP contribution < -0.4 is 10.1 Å². The lowest BCUT2D eigenvalue weighted by atomic mass is 10.1. The predicted octanol–water partition coefficient (Wildman–Crippen LogP) is 3.65. The fourth-order valence-electron chi connectivity index (χ4n) is 3.64. The number of para-hydroxylation sites is 1. The molecule has 162 valence electrons. The number of carbonyl (C=O) groups is 1. The molecule has 0 aliphatic rings. The second kappa shape index (κ2) is 8.32. The maximum Gasteiger partial charge on any atom is 0.272 e. The van der Waals surface area contributed by atoms with E-state index in [2.05, 4.69) is 32.0 Å². The summed E-state index contributed by atoms with van der Waals surface area (Å²) in [6.45, 7) is 0.276. The second-order valence-electron chi connectivity index (χ2n) is 7.23. The average Bonchev–Trinajstić information content (AvgIpc) is 3.60. The maximum absolute atomic E-state index is 13.2. The number of nitriles is 1. The largest absolute Gasteiger partial charge is 0.483 e. The number of H-pyrrole nitrogens is 1. The number of anilines is 1. The third-order valence-electron chi connectivity index (χ3n) is 5.20. The summed E-state index contributed by atoms with van der Waals surface area (Å²) in [6, 6.07) is 18.0. The molecule has 0 spiro atoms. The molecule has 0 saturated heterocycles. The van der Waals surface area contributed by atoms with Gasteiger partial charge in [-0.1, -0.05) is 12.1 Å². The molecule has 1 amide bonds. The van der Waals surface area contributed by atoms with Gasteiger partial charge < -0.3 is 19.0 Å². The molecule has 0 saturated carbocycles. The Bertz CT molecular complexity index is 1480. The highest BCUT2D eigenvalue weighted by Gasteiger charge is 2.19. The Morgan fingerprint density at radius 1 is 1.24 bits per heavy atom. The van der Waals surface area contributed by atoms with Crippen molar-refractivity contribution in [3.63, 3.8) is 0 Å². The predicted molar refractivity (Wildman–Crippen MR) is 118 cm³/mol. The molecule has 10 heteroatoms. The molecule has 0 aliphatic heterocycles. The van der Waals surface area contributed by atoms with Crippen molar-refractivity contribution in [2.45, 2.75) is 6.61 Å². The Balaban J connectivity index is 1.47. The first-order valence-corrected chi connectivity index (χ1v) is 9.97. The van der Waals surface area contributed by atoms with Crippen LogP contribution in [0.2, 0.25) is 0 Å². The van der Waals surface area contributed by atoms with Crippen LogP contribution >= 0.6 is 0 Å². The first kappa shape index (κ1) is 20.0. The van der Waals surface area contributed by atoms with Gasteiger partial charge in [-0.25, -0.2) is 5.10 Å². The molecule has 10 nitrogen and oxygen atoms in total. The summed E-state index contributed by atoms with van der Waals surface area (Å²) in [5, 5.41) is 26.7. The summed E-state index contributed by atoms with van der Waals surface area (Å²) in [7, 11) is 1.80. The summed E-state index contributed by atoms with van der Waals surface area (Å²) in [5.41, 5.74) is 2.62. The molecule has 5 rings (SSSR count). The van der Waals surface area contributed by atoms with Crippen LogP contribution in [0.3, 0.4) is 0 Å². The molecule has 3 heterocycles. The zero-order chi connectivity index (χ0) is 22.8. The Morgan fingerprint density at radius 3 is 2.91 bits per heavy atom. The summed E-state index contributed by atoms with van der Waals surface area (Å²) in [4.78, 5) is 13.2. The number of nitrogens with one attached hydrogen (secondary N) is 2. The van der Waals surface area contributed by atoms with E-state index in [-0.39, 0.29) is 12.5 Å². The van der Waals surface area contributed by atoms with Crippen molar-refractivity contribution in [3.8, 4) is 23.2 Å². The van der Waals surface area contributed by atoms with Crippen molar-refractivity contribution in [3.05, 3.63) is 77.9 Å². The Kier molecular flexibility index (Phi) is 5.04. The van der Waals surface area contributed by atoms with E-state index in [0.717, 1.165) is 10.9 Å². The zero-order valence-electron chi connectivity index (χ0n) is 17.4. The van der Waals surface area contributed by atoms with Gasteiger partial charge in [0.15, 0.2) is 5.82 Å². The van der Waals surface area contributed by atoms with Crippen molar-refractivity contribution in [2.24, 2.45) is 7.05 Å². The molecule has 0 fully saturated rings. The van der Waals surface area contributed by atoms with Crippen LogP contribution in [0.15, 0.2) is 65.3 Å². The van der Waals surface area contributed by atoms with Gasteiger partial charge in [-0.3, -0.25) is 4.79 Å². The molecule has 2 N–H and O–H groups in total. The van der Waals surface area contributed by atoms with Crippen LogP contribution in [0.4, 0.5) is 5.69 Å². The van der Waals surface area contributed by atoms with Crippen LogP contribution in [0.25, 0.3) is 22.3 Å². The average molecular weight is 439 g/mol.